The molecule has 0 bridgehead atoms. The van der Waals surface area contributed by atoms with Crippen LogP contribution in [0, 0.1) is 0 Å². The van der Waals surface area contributed by atoms with Crippen molar-refractivity contribution >= 4 is 17.7 Å². The molecule has 0 heterocycles. The molecule has 15 heavy (non-hydrogen) atoms. The van der Waals surface area contributed by atoms with Crippen LogP contribution in [0.15, 0.2) is 23.8 Å². The van der Waals surface area contributed by atoms with Crippen molar-refractivity contribution in [2.24, 2.45) is 0 Å². The molecule has 5 nitrogen and oxygen atoms in total. The number of allylic oxidation sites excluding steroid dienone is 1. The van der Waals surface area contributed by atoms with Crippen molar-refractivity contribution in [3.63, 3.8) is 0 Å². The van der Waals surface area contributed by atoms with E-state index in [0.717, 1.165) is 0 Å². The monoisotopic (exact) mass is 212 g/mol. The molecule has 2 N–H and O–H groups in total. The number of rotatable bonds is 6. The minimum Gasteiger partial charge on any atom is -0.478 e. The predicted molar refractivity (Wildman–Crippen MR) is 52.4 cm³/mol. The molecule has 0 atom stereocenters. The van der Waals surface area contributed by atoms with Crippen molar-refractivity contribution in [3.8, 4) is 0 Å². The van der Waals surface area contributed by atoms with Crippen LogP contribution < -0.4 is 0 Å². The number of carboxylic acids is 2. The Morgan fingerprint density at radius 3 is 2.07 bits per heavy atom. The molecular weight excluding hydrogens is 200 g/mol. The van der Waals surface area contributed by atoms with Gasteiger partial charge in [-0.2, -0.15) is 0 Å². The Kier molecular flexibility index (Phi) is 5.01. The standard InChI is InChI=1S/C10H12O5/c1-6(2)8(11)4-3-7(10(14)15)5-9(12)13/h5H,1,3-4H2,2H3,(H,12,13)(H,14,15)/b7-5-. The van der Waals surface area contributed by atoms with Crippen LogP contribution >= 0.6 is 0 Å². The Bertz CT molecular complexity index is 338. The Morgan fingerprint density at radius 2 is 1.73 bits per heavy atom. The van der Waals surface area contributed by atoms with Gasteiger partial charge in [0.05, 0.1) is 0 Å². The first-order valence-electron chi connectivity index (χ1n) is 4.20. The van der Waals surface area contributed by atoms with E-state index < -0.39 is 11.9 Å². The zero-order valence-corrected chi connectivity index (χ0v) is 8.32. The fourth-order valence-corrected chi connectivity index (χ4v) is 0.851. The van der Waals surface area contributed by atoms with E-state index in [1.165, 1.54) is 6.92 Å². The molecule has 0 aliphatic carbocycles. The van der Waals surface area contributed by atoms with Gasteiger partial charge in [0, 0.05) is 18.1 Å². The molecule has 0 saturated carbocycles. The largest absolute Gasteiger partial charge is 0.478 e. The molecule has 0 aromatic carbocycles. The quantitative estimate of drug-likeness (QED) is 0.641. The van der Waals surface area contributed by atoms with Crippen molar-refractivity contribution in [1.29, 1.82) is 0 Å². The summed E-state index contributed by atoms with van der Waals surface area (Å²) in [6, 6.07) is 0. The first kappa shape index (κ1) is 13.1. The summed E-state index contributed by atoms with van der Waals surface area (Å²) in [5.41, 5.74) is 0.0344. The molecule has 0 rings (SSSR count). The molecule has 0 spiro atoms. The Hall–Kier alpha value is -1.91. The van der Waals surface area contributed by atoms with Crippen LogP contribution in [0.4, 0.5) is 0 Å². The van der Waals surface area contributed by atoms with Gasteiger partial charge in [-0.05, 0) is 18.9 Å². The lowest BCUT2D eigenvalue weighted by Crippen LogP contribution is -2.07. The second kappa shape index (κ2) is 5.74. The van der Waals surface area contributed by atoms with Crippen LogP contribution in [0.25, 0.3) is 0 Å². The molecule has 0 saturated heterocycles. The summed E-state index contributed by atoms with van der Waals surface area (Å²) < 4.78 is 0. The molecule has 5 heteroatoms. The number of carboxylic acid groups (broad SMARTS) is 2. The zero-order chi connectivity index (χ0) is 12.0. The third-order valence-corrected chi connectivity index (χ3v) is 1.67. The molecule has 0 radical (unpaired) electrons. The van der Waals surface area contributed by atoms with Crippen LogP contribution in [0.1, 0.15) is 19.8 Å². The second-order valence-electron chi connectivity index (χ2n) is 3.02. The Morgan fingerprint density at radius 1 is 1.20 bits per heavy atom. The number of ketones is 1. The fraction of sp³-hybridized carbons (Fsp3) is 0.300. The smallest absolute Gasteiger partial charge is 0.331 e. The molecule has 0 aliphatic rings. The van der Waals surface area contributed by atoms with Gasteiger partial charge in [-0.15, -0.1) is 0 Å². The highest BCUT2D eigenvalue weighted by Crippen LogP contribution is 2.08. The van der Waals surface area contributed by atoms with E-state index in [-0.39, 0.29) is 24.2 Å². The van der Waals surface area contributed by atoms with Gasteiger partial charge in [0.1, 0.15) is 0 Å². The summed E-state index contributed by atoms with van der Waals surface area (Å²) in [5.74, 6) is -2.94. The van der Waals surface area contributed by atoms with Crippen LogP contribution in [0.3, 0.4) is 0 Å². The van der Waals surface area contributed by atoms with E-state index in [1.807, 2.05) is 0 Å². The summed E-state index contributed by atoms with van der Waals surface area (Å²) in [5, 5.41) is 17.0. The summed E-state index contributed by atoms with van der Waals surface area (Å²) in [7, 11) is 0. The first-order chi connectivity index (χ1) is 6.84. The van der Waals surface area contributed by atoms with Crippen molar-refractivity contribution in [1.82, 2.24) is 0 Å². The lowest BCUT2D eigenvalue weighted by molar-refractivity contribution is -0.135. The lowest BCUT2D eigenvalue weighted by atomic mass is 10.0. The van der Waals surface area contributed by atoms with Gasteiger partial charge in [-0.25, -0.2) is 9.59 Å². The maximum Gasteiger partial charge on any atom is 0.331 e. The van der Waals surface area contributed by atoms with Crippen LogP contribution in [-0.2, 0) is 14.4 Å². The van der Waals surface area contributed by atoms with E-state index >= 15 is 0 Å². The third-order valence-electron chi connectivity index (χ3n) is 1.67. The topological polar surface area (TPSA) is 91.7 Å². The maximum atomic E-state index is 11.1. The maximum absolute atomic E-state index is 11.1. The summed E-state index contributed by atoms with van der Waals surface area (Å²) in [6.45, 7) is 4.92. The summed E-state index contributed by atoms with van der Waals surface area (Å²) in [6.07, 6.45) is 0.447. The number of hydrogen-bond acceptors (Lipinski definition) is 3. The Labute approximate surface area is 86.7 Å². The van der Waals surface area contributed by atoms with Gasteiger partial charge in [0.25, 0.3) is 0 Å². The molecule has 0 aromatic rings. The van der Waals surface area contributed by atoms with Gasteiger partial charge >= 0.3 is 11.9 Å². The van der Waals surface area contributed by atoms with Crippen molar-refractivity contribution in [2.75, 3.05) is 0 Å². The van der Waals surface area contributed by atoms with E-state index in [4.69, 9.17) is 10.2 Å². The number of aliphatic carboxylic acids is 2. The highest BCUT2D eigenvalue weighted by Gasteiger charge is 2.12. The zero-order valence-electron chi connectivity index (χ0n) is 8.32. The molecule has 0 amide bonds. The van der Waals surface area contributed by atoms with Gasteiger partial charge in [-0.1, -0.05) is 6.58 Å². The lowest BCUT2D eigenvalue weighted by Gasteiger charge is -2.00. The van der Waals surface area contributed by atoms with Crippen molar-refractivity contribution in [2.45, 2.75) is 19.8 Å². The highest BCUT2D eigenvalue weighted by atomic mass is 16.4. The van der Waals surface area contributed by atoms with Crippen LogP contribution in [0.2, 0.25) is 0 Å². The average molecular weight is 212 g/mol. The van der Waals surface area contributed by atoms with Crippen molar-refractivity contribution in [3.05, 3.63) is 23.8 Å². The minimum absolute atomic E-state index is 0.0409. The molecule has 0 aromatic heterocycles. The SMILES string of the molecule is C=C(C)C(=O)CC/C(=C/C(=O)O)C(=O)O. The molecule has 82 valence electrons. The van der Waals surface area contributed by atoms with Crippen LogP contribution in [-0.4, -0.2) is 27.9 Å². The van der Waals surface area contributed by atoms with E-state index in [2.05, 4.69) is 6.58 Å². The molecular formula is C10H12O5. The normalized spacial score (nSPS) is 10.9. The number of hydrogen-bond donors (Lipinski definition) is 2. The van der Waals surface area contributed by atoms with Gasteiger partial charge in [-0.3, -0.25) is 4.79 Å². The number of Topliss-reactive ketones (excluding diaryl/α,β-unsaturated/α-hetero) is 1. The summed E-state index contributed by atoms with van der Waals surface area (Å²) in [4.78, 5) is 31.9. The van der Waals surface area contributed by atoms with E-state index in [0.29, 0.717) is 11.6 Å². The third kappa shape index (κ3) is 5.41. The van der Waals surface area contributed by atoms with Gasteiger partial charge in [0.2, 0.25) is 0 Å². The van der Waals surface area contributed by atoms with Crippen molar-refractivity contribution < 1.29 is 24.6 Å². The number of carbonyl (C=O) groups is 3. The highest BCUT2D eigenvalue weighted by molar-refractivity contribution is 5.97. The fourth-order valence-electron chi connectivity index (χ4n) is 0.851. The van der Waals surface area contributed by atoms with E-state index in [9.17, 15) is 14.4 Å². The average Bonchev–Trinajstić information content (AvgIpc) is 2.10. The summed E-state index contributed by atoms with van der Waals surface area (Å²) >= 11 is 0. The predicted octanol–water partition coefficient (Wildman–Crippen LogP) is 1.01. The van der Waals surface area contributed by atoms with Gasteiger partial charge in [0.15, 0.2) is 5.78 Å². The molecule has 0 aliphatic heterocycles. The minimum atomic E-state index is -1.34. The van der Waals surface area contributed by atoms with Gasteiger partial charge < -0.3 is 10.2 Å². The first-order valence-corrected chi connectivity index (χ1v) is 4.20. The molecule has 0 fully saturated rings. The number of carbonyl (C=O) groups excluding carboxylic acids is 1. The van der Waals surface area contributed by atoms with E-state index in [1.54, 1.807) is 0 Å². The van der Waals surface area contributed by atoms with Crippen LogP contribution in [0.5, 0.6) is 0 Å². The molecule has 0 unspecified atom stereocenters. The Balaban J connectivity index is 4.46. The second-order valence-corrected chi connectivity index (χ2v) is 3.02.